The molecule has 0 unspecified atom stereocenters. The number of halogens is 1. The van der Waals surface area contributed by atoms with Crippen LogP contribution in [0.1, 0.15) is 62.5 Å². The third-order valence-corrected chi connectivity index (χ3v) is 8.73. The lowest BCUT2D eigenvalue weighted by Gasteiger charge is -2.37. The lowest BCUT2D eigenvalue weighted by molar-refractivity contribution is -0.117. The molecule has 0 fully saturated rings. The van der Waals surface area contributed by atoms with Crippen LogP contribution in [-0.2, 0) is 26.1 Å². The number of ketones is 2. The molecule has 0 spiro atoms. The highest BCUT2D eigenvalue weighted by molar-refractivity contribution is 7.87. The summed E-state index contributed by atoms with van der Waals surface area (Å²) >= 11 is 5.94. The highest BCUT2D eigenvalue weighted by Crippen LogP contribution is 2.48. The summed E-state index contributed by atoms with van der Waals surface area (Å²) in [5.41, 5.74) is 4.20. The number of rotatable bonds is 8. The number of benzene rings is 2. The number of dihydropyridines is 1. The van der Waals surface area contributed by atoms with Crippen LogP contribution in [0.4, 0.5) is 0 Å². The lowest BCUT2D eigenvalue weighted by Crippen LogP contribution is -2.36. The van der Waals surface area contributed by atoms with Crippen LogP contribution in [0.15, 0.2) is 76.5 Å². The summed E-state index contributed by atoms with van der Waals surface area (Å²) in [4.78, 5) is 26.5. The molecule has 2 aliphatic carbocycles. The molecular formula is C30H30ClNO6S. The van der Waals surface area contributed by atoms with Crippen LogP contribution in [0.2, 0.25) is 5.02 Å². The van der Waals surface area contributed by atoms with Gasteiger partial charge in [-0.1, -0.05) is 23.7 Å². The van der Waals surface area contributed by atoms with Gasteiger partial charge in [0.2, 0.25) is 0 Å². The zero-order valence-electron chi connectivity index (χ0n) is 21.7. The highest BCUT2D eigenvalue weighted by Gasteiger charge is 2.41. The number of nitrogens with one attached hydrogen (secondary N) is 1. The fourth-order valence-corrected chi connectivity index (χ4v) is 6.69. The molecule has 9 heteroatoms. The lowest BCUT2D eigenvalue weighted by atomic mass is 9.71. The predicted molar refractivity (Wildman–Crippen MR) is 148 cm³/mol. The van der Waals surface area contributed by atoms with Crippen molar-refractivity contribution in [3.63, 3.8) is 0 Å². The number of Topliss-reactive ketones (excluding diaryl/α,β-unsaturated/α-hetero) is 2. The monoisotopic (exact) mass is 567 g/mol. The first-order chi connectivity index (χ1) is 18.7. The second kappa shape index (κ2) is 11.0. The molecule has 0 saturated heterocycles. The van der Waals surface area contributed by atoms with E-state index < -0.39 is 16.0 Å². The molecule has 3 aliphatic rings. The molecule has 39 heavy (non-hydrogen) atoms. The van der Waals surface area contributed by atoms with Gasteiger partial charge in [0, 0.05) is 51.9 Å². The predicted octanol–water partition coefficient (Wildman–Crippen LogP) is 5.94. The van der Waals surface area contributed by atoms with Crippen molar-refractivity contribution in [2.75, 3.05) is 6.61 Å². The molecule has 0 radical (unpaired) electrons. The number of hydrogen-bond acceptors (Lipinski definition) is 7. The summed E-state index contributed by atoms with van der Waals surface area (Å²) in [6.07, 6.45) is 5.76. The minimum absolute atomic E-state index is 0.0209. The zero-order valence-corrected chi connectivity index (χ0v) is 23.3. The van der Waals surface area contributed by atoms with Gasteiger partial charge in [0.15, 0.2) is 23.1 Å². The van der Waals surface area contributed by atoms with Gasteiger partial charge in [-0.25, -0.2) is 0 Å². The third kappa shape index (κ3) is 5.28. The minimum atomic E-state index is -4.21. The van der Waals surface area contributed by atoms with Crippen molar-refractivity contribution in [1.82, 2.24) is 5.32 Å². The van der Waals surface area contributed by atoms with E-state index in [-0.39, 0.29) is 41.0 Å². The second-order valence-corrected chi connectivity index (χ2v) is 11.8. The summed E-state index contributed by atoms with van der Waals surface area (Å²) in [7, 11) is -4.21. The number of ether oxygens (including phenoxy) is 1. The Balaban J connectivity index is 1.67. The van der Waals surface area contributed by atoms with E-state index in [0.717, 1.165) is 37.1 Å². The van der Waals surface area contributed by atoms with Crippen molar-refractivity contribution in [3.8, 4) is 11.5 Å². The Bertz CT molecular complexity index is 1480. The van der Waals surface area contributed by atoms with Gasteiger partial charge in [0.05, 0.1) is 6.61 Å². The molecular weight excluding hydrogens is 538 g/mol. The topological polar surface area (TPSA) is 98.8 Å². The maximum atomic E-state index is 13.3. The Morgan fingerprint density at radius 3 is 2.18 bits per heavy atom. The second-order valence-electron chi connectivity index (χ2n) is 9.82. The van der Waals surface area contributed by atoms with Crippen molar-refractivity contribution in [3.05, 3.63) is 87.7 Å². The standard InChI is InChI=1S/C30H30ClNO6S/c1-3-7-18-16-19(17-26(37-4-2)30(18)38-39(35,36)21-14-12-20(31)13-15-21)27-28-22(8-5-10-24(28)33)32-23-9-6-11-25(34)29(23)27/h3,12-17,27,32H,1,4-11H2,2H3. The zero-order chi connectivity index (χ0) is 27.7. The van der Waals surface area contributed by atoms with E-state index in [9.17, 15) is 18.0 Å². The van der Waals surface area contributed by atoms with Gasteiger partial charge in [0.1, 0.15) is 4.90 Å². The van der Waals surface area contributed by atoms with Gasteiger partial charge in [0.25, 0.3) is 0 Å². The van der Waals surface area contributed by atoms with E-state index >= 15 is 0 Å². The number of allylic oxidation sites excluding steroid dienone is 5. The Morgan fingerprint density at radius 2 is 1.62 bits per heavy atom. The molecule has 2 aromatic carbocycles. The van der Waals surface area contributed by atoms with Gasteiger partial charge in [-0.05, 0) is 74.9 Å². The molecule has 1 N–H and O–H groups in total. The third-order valence-electron chi connectivity index (χ3n) is 7.24. The van der Waals surface area contributed by atoms with Crippen molar-refractivity contribution in [1.29, 1.82) is 0 Å². The molecule has 0 saturated carbocycles. The minimum Gasteiger partial charge on any atom is -0.490 e. The van der Waals surface area contributed by atoms with Crippen molar-refractivity contribution < 1.29 is 26.9 Å². The van der Waals surface area contributed by atoms with Crippen LogP contribution in [0.25, 0.3) is 0 Å². The van der Waals surface area contributed by atoms with Gasteiger partial charge in [-0.15, -0.1) is 6.58 Å². The van der Waals surface area contributed by atoms with Crippen LogP contribution >= 0.6 is 11.6 Å². The van der Waals surface area contributed by atoms with Crippen molar-refractivity contribution in [2.45, 2.75) is 62.7 Å². The average molecular weight is 568 g/mol. The molecule has 2 aromatic rings. The molecule has 1 aliphatic heterocycles. The Labute approximate surface area is 233 Å². The van der Waals surface area contributed by atoms with Crippen molar-refractivity contribution in [2.24, 2.45) is 0 Å². The Morgan fingerprint density at radius 1 is 1.00 bits per heavy atom. The highest BCUT2D eigenvalue weighted by atomic mass is 35.5. The molecule has 0 amide bonds. The van der Waals surface area contributed by atoms with Crippen LogP contribution in [-0.4, -0.2) is 26.6 Å². The molecule has 5 rings (SSSR count). The fraction of sp³-hybridized carbons (Fsp3) is 0.333. The number of hydrogen-bond donors (Lipinski definition) is 1. The molecule has 1 heterocycles. The SMILES string of the molecule is C=CCc1cc(C2C3=C(CCCC3=O)NC3=C2C(=O)CCC3)cc(OCC)c1OS(=O)(=O)c1ccc(Cl)cc1. The summed E-state index contributed by atoms with van der Waals surface area (Å²) in [5.74, 6) is -0.238. The Kier molecular flexibility index (Phi) is 7.69. The first kappa shape index (κ1) is 27.2. The smallest absolute Gasteiger partial charge is 0.339 e. The van der Waals surface area contributed by atoms with E-state index in [0.29, 0.717) is 40.1 Å². The van der Waals surface area contributed by atoms with E-state index in [1.54, 1.807) is 19.1 Å². The summed E-state index contributed by atoms with van der Waals surface area (Å²) in [5, 5.41) is 3.82. The normalized spacial score (nSPS) is 17.9. The fourth-order valence-electron chi connectivity index (χ4n) is 5.59. The number of carbonyl (C=O) groups is 2. The summed E-state index contributed by atoms with van der Waals surface area (Å²) in [6, 6.07) is 9.22. The first-order valence-electron chi connectivity index (χ1n) is 13.1. The van der Waals surface area contributed by atoms with Gasteiger partial charge in [-0.2, -0.15) is 8.42 Å². The molecule has 7 nitrogen and oxygen atoms in total. The first-order valence-corrected chi connectivity index (χ1v) is 14.9. The largest absolute Gasteiger partial charge is 0.490 e. The quantitative estimate of drug-likeness (QED) is 0.311. The average Bonchev–Trinajstić information content (AvgIpc) is 2.90. The summed E-state index contributed by atoms with van der Waals surface area (Å²) in [6.45, 7) is 5.88. The maximum Gasteiger partial charge on any atom is 0.339 e. The van der Waals surface area contributed by atoms with Gasteiger partial charge >= 0.3 is 10.1 Å². The van der Waals surface area contributed by atoms with Crippen LogP contribution in [0.5, 0.6) is 11.5 Å². The van der Waals surface area contributed by atoms with E-state index in [1.807, 2.05) is 6.07 Å². The molecule has 0 bridgehead atoms. The van der Waals surface area contributed by atoms with E-state index in [1.165, 1.54) is 24.3 Å². The van der Waals surface area contributed by atoms with Gasteiger partial charge < -0.3 is 14.2 Å². The Hall–Kier alpha value is -3.36. The van der Waals surface area contributed by atoms with E-state index in [4.69, 9.17) is 20.5 Å². The molecule has 204 valence electrons. The van der Waals surface area contributed by atoms with Gasteiger partial charge in [-0.3, -0.25) is 9.59 Å². The molecule has 0 atom stereocenters. The van der Waals surface area contributed by atoms with Crippen LogP contribution in [0, 0.1) is 0 Å². The van der Waals surface area contributed by atoms with Crippen LogP contribution < -0.4 is 14.2 Å². The van der Waals surface area contributed by atoms with E-state index in [2.05, 4.69) is 11.9 Å². The van der Waals surface area contributed by atoms with Crippen molar-refractivity contribution >= 4 is 33.3 Å². The molecule has 0 aromatic heterocycles. The number of carbonyl (C=O) groups excluding carboxylic acids is 2. The maximum absolute atomic E-state index is 13.3. The summed E-state index contributed by atoms with van der Waals surface area (Å²) < 4.78 is 38.0. The van der Waals surface area contributed by atoms with Crippen LogP contribution in [0.3, 0.4) is 0 Å².